The molecule has 0 aromatic rings. The van der Waals surface area contributed by atoms with E-state index in [0.717, 1.165) is 19.3 Å². The molecule has 0 aromatic heterocycles. The van der Waals surface area contributed by atoms with Gasteiger partial charge in [0.2, 0.25) is 0 Å². The number of hydrogen-bond donors (Lipinski definition) is 3. The van der Waals surface area contributed by atoms with Crippen LogP contribution >= 0.6 is 0 Å². The van der Waals surface area contributed by atoms with E-state index in [1.165, 1.54) is 0 Å². The van der Waals surface area contributed by atoms with Gasteiger partial charge in [-0.1, -0.05) is 0 Å². The largest absolute Gasteiger partial charge is 0.396 e. The van der Waals surface area contributed by atoms with E-state index in [0.29, 0.717) is 39.6 Å². The van der Waals surface area contributed by atoms with Crippen molar-refractivity contribution in [1.82, 2.24) is 10.6 Å². The number of rotatable bonds is 13. The summed E-state index contributed by atoms with van der Waals surface area (Å²) in [6, 6.07) is -0.187. The van der Waals surface area contributed by atoms with Crippen LogP contribution in [0.15, 0.2) is 0 Å². The molecule has 7 nitrogen and oxygen atoms in total. The van der Waals surface area contributed by atoms with Gasteiger partial charge in [0.05, 0.1) is 33.0 Å². The maximum absolute atomic E-state index is 11.7. The molecular formula is C15H30N2O5. The van der Waals surface area contributed by atoms with E-state index in [2.05, 4.69) is 10.6 Å². The van der Waals surface area contributed by atoms with E-state index < -0.39 is 0 Å². The maximum Gasteiger partial charge on any atom is 0.315 e. The third-order valence-corrected chi connectivity index (χ3v) is 4.03. The van der Waals surface area contributed by atoms with Gasteiger partial charge in [0, 0.05) is 31.7 Å². The van der Waals surface area contributed by atoms with Crippen molar-refractivity contribution in [3.63, 3.8) is 0 Å². The van der Waals surface area contributed by atoms with Crippen LogP contribution in [0.25, 0.3) is 0 Å². The van der Waals surface area contributed by atoms with Crippen LogP contribution in [0.4, 0.5) is 4.79 Å². The molecule has 0 saturated heterocycles. The molecule has 1 unspecified atom stereocenters. The van der Waals surface area contributed by atoms with Gasteiger partial charge in [-0.3, -0.25) is 0 Å². The molecule has 130 valence electrons. The summed E-state index contributed by atoms with van der Waals surface area (Å²) in [7, 11) is 1.64. The molecule has 7 heteroatoms. The number of amides is 2. The first-order valence-electron chi connectivity index (χ1n) is 7.94. The van der Waals surface area contributed by atoms with E-state index in [1.807, 2.05) is 6.92 Å². The van der Waals surface area contributed by atoms with Gasteiger partial charge < -0.3 is 30.0 Å². The number of carbonyl (C=O) groups excluding carboxylic acids is 1. The van der Waals surface area contributed by atoms with Crippen LogP contribution in [-0.4, -0.2) is 70.5 Å². The lowest BCUT2D eigenvalue weighted by Crippen LogP contribution is -2.46. The zero-order chi connectivity index (χ0) is 16.3. The van der Waals surface area contributed by atoms with E-state index >= 15 is 0 Å². The second-order valence-corrected chi connectivity index (χ2v) is 5.71. The summed E-state index contributed by atoms with van der Waals surface area (Å²) in [6.07, 6.45) is 2.71. The second kappa shape index (κ2) is 10.8. The normalized spacial score (nSPS) is 17.0. The fourth-order valence-corrected chi connectivity index (χ4v) is 2.13. The van der Waals surface area contributed by atoms with Crippen LogP contribution in [0, 0.1) is 5.41 Å². The van der Waals surface area contributed by atoms with Crippen molar-refractivity contribution in [3.05, 3.63) is 0 Å². The summed E-state index contributed by atoms with van der Waals surface area (Å²) in [5.41, 5.74) is -0.0940. The second-order valence-electron chi connectivity index (χ2n) is 5.71. The van der Waals surface area contributed by atoms with Crippen LogP contribution in [-0.2, 0) is 14.2 Å². The minimum atomic E-state index is -0.185. The van der Waals surface area contributed by atoms with Gasteiger partial charge in [-0.2, -0.15) is 0 Å². The van der Waals surface area contributed by atoms with E-state index in [-0.39, 0.29) is 24.1 Å². The smallest absolute Gasteiger partial charge is 0.315 e. The molecule has 2 amide bonds. The van der Waals surface area contributed by atoms with E-state index in [9.17, 15) is 9.90 Å². The summed E-state index contributed by atoms with van der Waals surface area (Å²) in [4.78, 5) is 11.7. The summed E-state index contributed by atoms with van der Waals surface area (Å²) in [6.45, 7) is 5.50. The zero-order valence-electron chi connectivity index (χ0n) is 13.7. The van der Waals surface area contributed by atoms with Crippen LogP contribution in [0.2, 0.25) is 0 Å². The Hall–Kier alpha value is -0.890. The Balaban J connectivity index is 1.89. The summed E-state index contributed by atoms with van der Waals surface area (Å²) >= 11 is 0. The van der Waals surface area contributed by atoms with Crippen molar-refractivity contribution < 1.29 is 24.1 Å². The summed E-state index contributed by atoms with van der Waals surface area (Å²) in [5, 5.41) is 15.0. The highest BCUT2D eigenvalue weighted by molar-refractivity contribution is 5.74. The summed E-state index contributed by atoms with van der Waals surface area (Å²) in [5.74, 6) is 0. The quantitative estimate of drug-likeness (QED) is 0.431. The number of nitrogens with one attached hydrogen (secondary N) is 2. The Morgan fingerprint density at radius 3 is 2.41 bits per heavy atom. The number of methoxy groups -OCH3 is 1. The van der Waals surface area contributed by atoms with Crippen molar-refractivity contribution in [2.24, 2.45) is 5.41 Å². The van der Waals surface area contributed by atoms with Crippen molar-refractivity contribution in [2.45, 2.75) is 32.2 Å². The topological polar surface area (TPSA) is 89.0 Å². The molecule has 1 rings (SSSR count). The van der Waals surface area contributed by atoms with Crippen LogP contribution in [0.3, 0.4) is 0 Å². The molecule has 0 aliphatic heterocycles. The molecule has 1 fully saturated rings. The Kier molecular flexibility index (Phi) is 9.38. The average Bonchev–Trinajstić information content (AvgIpc) is 3.30. The van der Waals surface area contributed by atoms with Crippen molar-refractivity contribution in [1.29, 1.82) is 0 Å². The highest BCUT2D eigenvalue weighted by Gasteiger charge is 2.47. The fourth-order valence-electron chi connectivity index (χ4n) is 2.13. The molecule has 1 atom stereocenters. The van der Waals surface area contributed by atoms with Gasteiger partial charge in [0.15, 0.2) is 0 Å². The predicted octanol–water partition coefficient (Wildman–Crippen LogP) is 0.516. The number of ether oxygens (including phenoxy) is 3. The molecule has 0 bridgehead atoms. The van der Waals surface area contributed by atoms with Gasteiger partial charge in [-0.15, -0.1) is 0 Å². The van der Waals surface area contributed by atoms with Crippen molar-refractivity contribution >= 4 is 6.03 Å². The first-order chi connectivity index (χ1) is 10.6. The molecule has 0 radical (unpaired) electrons. The van der Waals surface area contributed by atoms with Gasteiger partial charge >= 0.3 is 6.03 Å². The Bertz CT molecular complexity index is 310. The van der Waals surface area contributed by atoms with Crippen LogP contribution in [0.5, 0.6) is 0 Å². The zero-order valence-corrected chi connectivity index (χ0v) is 13.7. The Morgan fingerprint density at radius 2 is 1.82 bits per heavy atom. The molecule has 22 heavy (non-hydrogen) atoms. The third-order valence-electron chi connectivity index (χ3n) is 4.03. The highest BCUT2D eigenvalue weighted by atomic mass is 16.5. The molecule has 0 aromatic carbocycles. The molecule has 0 heterocycles. The summed E-state index contributed by atoms with van der Waals surface area (Å²) < 4.78 is 15.5. The number of aliphatic hydroxyl groups is 1. The number of carbonyl (C=O) groups is 1. The highest BCUT2D eigenvalue weighted by Crippen LogP contribution is 2.47. The van der Waals surface area contributed by atoms with Gasteiger partial charge in [-0.05, 0) is 26.2 Å². The first-order valence-corrected chi connectivity index (χ1v) is 7.94. The molecule has 1 aliphatic carbocycles. The van der Waals surface area contributed by atoms with Gasteiger partial charge in [0.1, 0.15) is 0 Å². The minimum absolute atomic E-state index is 0.00185. The number of aliphatic hydroxyl groups excluding tert-OH is 1. The molecule has 1 aliphatic rings. The lowest BCUT2D eigenvalue weighted by Gasteiger charge is -2.22. The Labute approximate surface area is 132 Å². The predicted molar refractivity (Wildman–Crippen MR) is 82.9 cm³/mol. The average molecular weight is 318 g/mol. The Morgan fingerprint density at radius 1 is 1.18 bits per heavy atom. The fraction of sp³-hybridized carbons (Fsp3) is 0.933. The lowest BCUT2D eigenvalue weighted by molar-refractivity contribution is 0.0244. The van der Waals surface area contributed by atoms with E-state index in [4.69, 9.17) is 14.2 Å². The van der Waals surface area contributed by atoms with Crippen molar-refractivity contribution in [2.75, 3.05) is 53.3 Å². The third kappa shape index (κ3) is 7.40. The van der Waals surface area contributed by atoms with Crippen molar-refractivity contribution in [3.8, 4) is 0 Å². The maximum atomic E-state index is 11.7. The van der Waals surface area contributed by atoms with Gasteiger partial charge in [0.25, 0.3) is 0 Å². The minimum Gasteiger partial charge on any atom is -0.396 e. The van der Waals surface area contributed by atoms with Crippen LogP contribution in [0.1, 0.15) is 26.2 Å². The molecule has 0 spiro atoms. The molecule has 3 N–H and O–H groups in total. The van der Waals surface area contributed by atoms with Crippen LogP contribution < -0.4 is 10.6 Å². The number of hydrogen-bond acceptors (Lipinski definition) is 5. The van der Waals surface area contributed by atoms with Gasteiger partial charge in [-0.25, -0.2) is 4.79 Å². The standard InChI is InChI=1S/C15H30N2O5/c1-13(15(12-18)4-5-15)17-14(19)16-6-3-7-21-10-11-22-9-8-20-2/h13,18H,3-12H2,1-2H3,(H2,16,17,19). The molecule has 1 saturated carbocycles. The lowest BCUT2D eigenvalue weighted by atomic mass is 9.99. The van der Waals surface area contributed by atoms with E-state index in [1.54, 1.807) is 7.11 Å². The monoisotopic (exact) mass is 318 g/mol. The first kappa shape index (κ1) is 19.2. The molecular weight excluding hydrogens is 288 g/mol. The number of urea groups is 1. The SMILES string of the molecule is COCCOCCOCCCNC(=O)NC(C)C1(CO)CC1.